The predicted octanol–water partition coefficient (Wildman–Crippen LogP) is 5.56. The minimum Gasteiger partial charge on any atom is -0.507 e. The Morgan fingerprint density at radius 3 is 2.33 bits per heavy atom. The Bertz CT molecular complexity index is 1260. The number of aromatic hydroxyl groups is 1. The summed E-state index contributed by atoms with van der Waals surface area (Å²) in [4.78, 5) is 11.6. The number of phenolic OH excluding ortho intramolecular Hbond substituents is 1. The monoisotopic (exact) mass is 444 g/mol. The maximum Gasteiger partial charge on any atom is 0.337 e. The van der Waals surface area contributed by atoms with Crippen molar-refractivity contribution in [3.63, 3.8) is 0 Å². The van der Waals surface area contributed by atoms with E-state index in [9.17, 15) is 9.90 Å². The van der Waals surface area contributed by atoms with Gasteiger partial charge < -0.3 is 19.3 Å². The molecule has 4 aromatic rings. The zero-order chi connectivity index (χ0) is 23.4. The van der Waals surface area contributed by atoms with Crippen molar-refractivity contribution in [3.8, 4) is 34.3 Å². The standard InChI is InChI=1S/C26H24N2O5/c1-16-4-6-18(7-5-16)15-32-21-12-13-22(23(29)14-21)24-25(17(2)27-28-24)33-20-10-8-19(9-11-20)26(30)31-3/h4-14,29H,15H2,1-3H3,(H,27,28). The zero-order valence-corrected chi connectivity index (χ0v) is 18.6. The Balaban J connectivity index is 1.52. The molecule has 0 aliphatic rings. The highest BCUT2D eigenvalue weighted by Crippen LogP contribution is 2.39. The molecule has 0 saturated heterocycles. The average molecular weight is 444 g/mol. The van der Waals surface area contributed by atoms with E-state index in [-0.39, 0.29) is 5.75 Å². The van der Waals surface area contributed by atoms with Gasteiger partial charge in [-0.2, -0.15) is 5.10 Å². The van der Waals surface area contributed by atoms with Gasteiger partial charge in [0.2, 0.25) is 0 Å². The average Bonchev–Trinajstić information content (AvgIpc) is 3.18. The summed E-state index contributed by atoms with van der Waals surface area (Å²) >= 11 is 0. The number of aryl methyl sites for hydroxylation is 2. The molecule has 0 fully saturated rings. The van der Waals surface area contributed by atoms with Crippen LogP contribution in [0.3, 0.4) is 0 Å². The Hall–Kier alpha value is -4.26. The van der Waals surface area contributed by atoms with E-state index in [1.54, 1.807) is 42.5 Å². The lowest BCUT2D eigenvalue weighted by Crippen LogP contribution is -2.00. The number of nitrogens with one attached hydrogen (secondary N) is 1. The van der Waals surface area contributed by atoms with Gasteiger partial charge in [-0.1, -0.05) is 29.8 Å². The van der Waals surface area contributed by atoms with E-state index < -0.39 is 5.97 Å². The lowest BCUT2D eigenvalue weighted by atomic mass is 10.1. The van der Waals surface area contributed by atoms with Crippen LogP contribution < -0.4 is 9.47 Å². The number of phenols is 1. The van der Waals surface area contributed by atoms with E-state index in [4.69, 9.17) is 14.2 Å². The number of carbonyl (C=O) groups is 1. The molecule has 2 N–H and O–H groups in total. The van der Waals surface area contributed by atoms with E-state index in [2.05, 4.69) is 10.2 Å². The molecule has 0 unspecified atom stereocenters. The van der Waals surface area contributed by atoms with Gasteiger partial charge in [0.15, 0.2) is 5.75 Å². The van der Waals surface area contributed by atoms with Crippen molar-refractivity contribution in [3.05, 3.63) is 89.1 Å². The first kappa shape index (κ1) is 22.0. The molecule has 0 bridgehead atoms. The highest BCUT2D eigenvalue weighted by Gasteiger charge is 2.18. The Kier molecular flexibility index (Phi) is 6.31. The molecular formula is C26H24N2O5. The molecule has 1 aromatic heterocycles. The number of benzene rings is 3. The fourth-order valence-corrected chi connectivity index (χ4v) is 3.27. The molecule has 168 valence electrons. The number of aromatic nitrogens is 2. The molecule has 7 nitrogen and oxygen atoms in total. The van der Waals surface area contributed by atoms with Gasteiger partial charge in [-0.25, -0.2) is 4.79 Å². The molecular weight excluding hydrogens is 420 g/mol. The van der Waals surface area contributed by atoms with Gasteiger partial charge in [-0.05, 0) is 55.8 Å². The van der Waals surface area contributed by atoms with E-state index >= 15 is 0 Å². The summed E-state index contributed by atoms with van der Waals surface area (Å²) in [5.41, 5.74) is 4.32. The number of carbonyl (C=O) groups excluding carboxylic acids is 1. The van der Waals surface area contributed by atoms with E-state index in [0.717, 1.165) is 5.56 Å². The fraction of sp³-hybridized carbons (Fsp3) is 0.154. The van der Waals surface area contributed by atoms with Crippen LogP contribution in [0.1, 0.15) is 27.2 Å². The number of aromatic amines is 1. The number of rotatable bonds is 7. The number of ether oxygens (including phenoxy) is 3. The van der Waals surface area contributed by atoms with E-state index in [1.807, 2.05) is 38.1 Å². The van der Waals surface area contributed by atoms with Crippen molar-refractivity contribution in [1.29, 1.82) is 0 Å². The zero-order valence-electron chi connectivity index (χ0n) is 18.6. The first-order valence-electron chi connectivity index (χ1n) is 10.4. The Labute approximate surface area is 191 Å². The summed E-state index contributed by atoms with van der Waals surface area (Å²) in [6.07, 6.45) is 0. The topological polar surface area (TPSA) is 93.7 Å². The van der Waals surface area contributed by atoms with Gasteiger partial charge >= 0.3 is 5.97 Å². The molecule has 0 atom stereocenters. The number of hydrogen-bond donors (Lipinski definition) is 2. The molecule has 0 aliphatic carbocycles. The maximum absolute atomic E-state index is 11.6. The third-order valence-electron chi connectivity index (χ3n) is 5.14. The molecule has 0 radical (unpaired) electrons. The molecule has 1 heterocycles. The number of H-pyrrole nitrogens is 1. The summed E-state index contributed by atoms with van der Waals surface area (Å²) in [6, 6.07) is 19.7. The smallest absolute Gasteiger partial charge is 0.337 e. The normalized spacial score (nSPS) is 10.6. The molecule has 0 amide bonds. The van der Waals surface area contributed by atoms with Crippen LogP contribution in [-0.2, 0) is 11.3 Å². The highest BCUT2D eigenvalue weighted by atomic mass is 16.5. The molecule has 7 heteroatoms. The van der Waals surface area contributed by atoms with Gasteiger partial charge in [0.1, 0.15) is 29.5 Å². The van der Waals surface area contributed by atoms with Crippen LogP contribution in [0.15, 0.2) is 66.7 Å². The summed E-state index contributed by atoms with van der Waals surface area (Å²) < 4.78 is 16.5. The third-order valence-corrected chi connectivity index (χ3v) is 5.14. The van der Waals surface area contributed by atoms with Crippen molar-refractivity contribution in [2.45, 2.75) is 20.5 Å². The van der Waals surface area contributed by atoms with Crippen LogP contribution in [0.4, 0.5) is 0 Å². The van der Waals surface area contributed by atoms with Gasteiger partial charge in [-0.15, -0.1) is 0 Å². The minimum absolute atomic E-state index is 0.0220. The van der Waals surface area contributed by atoms with Gasteiger partial charge in [0, 0.05) is 11.6 Å². The SMILES string of the molecule is COC(=O)c1ccc(Oc2c(-c3ccc(OCc4ccc(C)cc4)cc3O)n[nH]c2C)cc1. The second-order valence-electron chi connectivity index (χ2n) is 7.60. The summed E-state index contributed by atoms with van der Waals surface area (Å²) in [6.45, 7) is 4.26. The lowest BCUT2D eigenvalue weighted by Gasteiger charge is -2.11. The molecule has 0 aliphatic heterocycles. The van der Waals surface area contributed by atoms with Crippen LogP contribution >= 0.6 is 0 Å². The van der Waals surface area contributed by atoms with Crippen LogP contribution in [-0.4, -0.2) is 28.4 Å². The summed E-state index contributed by atoms with van der Waals surface area (Å²) in [7, 11) is 1.33. The first-order valence-corrected chi connectivity index (χ1v) is 10.4. The van der Waals surface area contributed by atoms with Gasteiger partial charge in [0.05, 0.1) is 18.4 Å². The van der Waals surface area contributed by atoms with E-state index in [1.165, 1.54) is 12.7 Å². The largest absolute Gasteiger partial charge is 0.507 e. The van der Waals surface area contributed by atoms with Crippen molar-refractivity contribution < 1.29 is 24.1 Å². The van der Waals surface area contributed by atoms with Crippen LogP contribution in [0, 0.1) is 13.8 Å². The lowest BCUT2D eigenvalue weighted by molar-refractivity contribution is 0.0600. The first-order chi connectivity index (χ1) is 15.9. The molecule has 33 heavy (non-hydrogen) atoms. The van der Waals surface area contributed by atoms with Gasteiger partial charge in [-0.3, -0.25) is 5.10 Å². The van der Waals surface area contributed by atoms with Crippen molar-refractivity contribution in [2.75, 3.05) is 7.11 Å². The van der Waals surface area contributed by atoms with Crippen molar-refractivity contribution in [1.82, 2.24) is 10.2 Å². The second-order valence-corrected chi connectivity index (χ2v) is 7.60. The maximum atomic E-state index is 11.6. The van der Waals surface area contributed by atoms with Crippen molar-refractivity contribution >= 4 is 5.97 Å². The Morgan fingerprint density at radius 2 is 1.67 bits per heavy atom. The predicted molar refractivity (Wildman–Crippen MR) is 124 cm³/mol. The highest BCUT2D eigenvalue weighted by molar-refractivity contribution is 5.89. The summed E-state index contributed by atoms with van der Waals surface area (Å²) in [5, 5.41) is 17.9. The summed E-state index contributed by atoms with van der Waals surface area (Å²) in [5.74, 6) is 1.14. The number of methoxy groups -OCH3 is 1. The quantitative estimate of drug-likeness (QED) is 0.363. The number of esters is 1. The van der Waals surface area contributed by atoms with Crippen LogP contribution in [0.25, 0.3) is 11.3 Å². The minimum atomic E-state index is -0.420. The van der Waals surface area contributed by atoms with Crippen LogP contribution in [0.5, 0.6) is 23.0 Å². The van der Waals surface area contributed by atoms with Crippen LogP contribution in [0.2, 0.25) is 0 Å². The Morgan fingerprint density at radius 1 is 0.970 bits per heavy atom. The molecule has 0 spiro atoms. The number of hydrogen-bond acceptors (Lipinski definition) is 6. The van der Waals surface area contributed by atoms with E-state index in [0.29, 0.717) is 46.4 Å². The third kappa shape index (κ3) is 4.98. The fourth-order valence-electron chi connectivity index (χ4n) is 3.27. The molecule has 0 saturated carbocycles. The van der Waals surface area contributed by atoms with Crippen molar-refractivity contribution in [2.24, 2.45) is 0 Å². The van der Waals surface area contributed by atoms with Gasteiger partial charge in [0.25, 0.3) is 0 Å². The second kappa shape index (κ2) is 9.48. The number of nitrogens with zero attached hydrogens (tertiary/aromatic N) is 1. The molecule has 4 rings (SSSR count). The molecule has 3 aromatic carbocycles.